The Kier molecular flexibility index (Phi) is 4.80. The first-order valence-electron chi connectivity index (χ1n) is 7.79. The number of nitrogens with zero attached hydrogens (tertiary/aromatic N) is 2. The van der Waals surface area contributed by atoms with Crippen LogP contribution in [0.15, 0.2) is 18.5 Å². The molecule has 0 radical (unpaired) electrons. The number of methoxy groups -OCH3 is 1. The average Bonchev–Trinajstić information content (AvgIpc) is 3.15. The van der Waals surface area contributed by atoms with Gasteiger partial charge in [-0.15, -0.1) is 11.3 Å². The molecule has 3 rings (SSSR count). The number of fused-ring (bicyclic) bond motifs is 1. The minimum Gasteiger partial charge on any atom is -0.465 e. The molecule has 1 aliphatic carbocycles. The smallest absolute Gasteiger partial charge is 0.341 e. The first kappa shape index (κ1) is 16.4. The Labute approximate surface area is 144 Å². The molecule has 0 aliphatic heterocycles. The minimum atomic E-state index is -0.388. The maximum absolute atomic E-state index is 12.2. The predicted octanol–water partition coefficient (Wildman–Crippen LogP) is 2.80. The summed E-state index contributed by atoms with van der Waals surface area (Å²) in [6.45, 7) is 0. The number of amides is 1. The summed E-state index contributed by atoms with van der Waals surface area (Å²) in [7, 11) is 3.18. The van der Waals surface area contributed by atoms with Crippen molar-refractivity contribution in [2.24, 2.45) is 7.05 Å². The van der Waals surface area contributed by atoms with E-state index in [1.165, 1.54) is 29.4 Å². The third kappa shape index (κ3) is 3.41. The van der Waals surface area contributed by atoms with E-state index in [2.05, 4.69) is 10.4 Å². The van der Waals surface area contributed by atoms with Gasteiger partial charge in [-0.25, -0.2) is 4.79 Å². The Hall–Kier alpha value is -2.41. The van der Waals surface area contributed by atoms with Crippen LogP contribution in [-0.2, 0) is 29.4 Å². The molecule has 6 nitrogen and oxygen atoms in total. The number of carbonyl (C=O) groups is 2. The maximum atomic E-state index is 12.2. The summed E-state index contributed by atoms with van der Waals surface area (Å²) in [4.78, 5) is 25.5. The number of esters is 1. The van der Waals surface area contributed by atoms with E-state index in [-0.39, 0.29) is 11.9 Å². The molecule has 2 aromatic heterocycles. The fourth-order valence-electron chi connectivity index (χ4n) is 2.82. The van der Waals surface area contributed by atoms with Crippen molar-refractivity contribution in [2.75, 3.05) is 12.4 Å². The van der Waals surface area contributed by atoms with E-state index >= 15 is 0 Å². The lowest BCUT2D eigenvalue weighted by atomic mass is 9.95. The zero-order valence-electron chi connectivity index (χ0n) is 13.7. The molecule has 126 valence electrons. The molecule has 0 spiro atoms. The van der Waals surface area contributed by atoms with Gasteiger partial charge in [0.25, 0.3) is 0 Å². The third-order valence-corrected chi connectivity index (χ3v) is 5.16. The summed E-state index contributed by atoms with van der Waals surface area (Å²) < 4.78 is 6.57. The highest BCUT2D eigenvalue weighted by Gasteiger charge is 2.26. The minimum absolute atomic E-state index is 0.275. The summed E-state index contributed by atoms with van der Waals surface area (Å²) in [5, 5.41) is 7.45. The van der Waals surface area contributed by atoms with E-state index in [4.69, 9.17) is 4.74 Å². The number of ether oxygens (including phenoxy) is 1. The molecule has 0 saturated carbocycles. The van der Waals surface area contributed by atoms with Crippen LogP contribution in [0.2, 0.25) is 0 Å². The van der Waals surface area contributed by atoms with Crippen LogP contribution in [0.3, 0.4) is 0 Å². The average molecular weight is 345 g/mol. The number of carbonyl (C=O) groups excluding carboxylic acids is 2. The Bertz CT molecular complexity index is 804. The lowest BCUT2D eigenvalue weighted by molar-refractivity contribution is -0.111. The van der Waals surface area contributed by atoms with E-state index in [1.54, 1.807) is 17.0 Å². The highest BCUT2D eigenvalue weighted by Crippen LogP contribution is 2.38. The molecule has 0 aromatic carbocycles. The van der Waals surface area contributed by atoms with Crippen LogP contribution in [0, 0.1) is 0 Å². The summed E-state index contributed by atoms with van der Waals surface area (Å²) in [6.07, 6.45) is 10.6. The fraction of sp³-hybridized carbons (Fsp3) is 0.353. The second-order valence-corrected chi connectivity index (χ2v) is 6.78. The number of hydrogen-bond donors (Lipinski definition) is 1. The summed E-state index contributed by atoms with van der Waals surface area (Å²) in [5.74, 6) is -0.663. The van der Waals surface area contributed by atoms with Gasteiger partial charge in [0.2, 0.25) is 5.91 Å². The first-order chi connectivity index (χ1) is 11.6. The molecule has 1 aliphatic rings. The lowest BCUT2D eigenvalue weighted by Crippen LogP contribution is -2.13. The Morgan fingerprint density at radius 2 is 2.17 bits per heavy atom. The number of aromatic nitrogens is 2. The third-order valence-electron chi connectivity index (χ3n) is 3.95. The van der Waals surface area contributed by atoms with Crippen LogP contribution in [0.1, 0.15) is 39.2 Å². The highest BCUT2D eigenvalue weighted by molar-refractivity contribution is 7.17. The molecule has 0 saturated heterocycles. The highest BCUT2D eigenvalue weighted by atomic mass is 32.1. The molecule has 2 heterocycles. The van der Waals surface area contributed by atoms with Crippen molar-refractivity contribution >= 4 is 34.3 Å². The molecule has 0 bridgehead atoms. The zero-order chi connectivity index (χ0) is 17.1. The van der Waals surface area contributed by atoms with Crippen molar-refractivity contribution < 1.29 is 14.3 Å². The van der Waals surface area contributed by atoms with Gasteiger partial charge in [0.15, 0.2) is 0 Å². The molecule has 0 unspecified atom stereocenters. The van der Waals surface area contributed by atoms with Crippen molar-refractivity contribution in [1.29, 1.82) is 0 Å². The van der Waals surface area contributed by atoms with Gasteiger partial charge in [-0.05, 0) is 37.3 Å². The molecule has 2 aromatic rings. The van der Waals surface area contributed by atoms with Gasteiger partial charge >= 0.3 is 5.97 Å². The predicted molar refractivity (Wildman–Crippen MR) is 93.2 cm³/mol. The maximum Gasteiger partial charge on any atom is 0.341 e. The van der Waals surface area contributed by atoms with Crippen LogP contribution in [0.25, 0.3) is 6.08 Å². The van der Waals surface area contributed by atoms with Gasteiger partial charge in [0, 0.05) is 29.8 Å². The van der Waals surface area contributed by atoms with Gasteiger partial charge in [0.05, 0.1) is 18.9 Å². The van der Waals surface area contributed by atoms with Gasteiger partial charge in [0.1, 0.15) is 5.00 Å². The van der Waals surface area contributed by atoms with Crippen LogP contribution in [0.5, 0.6) is 0 Å². The molecule has 0 atom stereocenters. The SMILES string of the molecule is COC(=O)c1c(NC(=O)/C=C/c2cnn(C)c2)sc2c1CCCC2. The Morgan fingerprint density at radius 3 is 2.88 bits per heavy atom. The molecular formula is C17H19N3O3S. The zero-order valence-corrected chi connectivity index (χ0v) is 14.5. The Balaban J connectivity index is 1.81. The van der Waals surface area contributed by atoms with Gasteiger partial charge in [-0.1, -0.05) is 0 Å². The largest absolute Gasteiger partial charge is 0.465 e. The van der Waals surface area contributed by atoms with Crippen molar-refractivity contribution in [3.8, 4) is 0 Å². The van der Waals surface area contributed by atoms with E-state index < -0.39 is 0 Å². The molecule has 24 heavy (non-hydrogen) atoms. The number of nitrogens with one attached hydrogen (secondary N) is 1. The number of thiophene rings is 1. The second-order valence-electron chi connectivity index (χ2n) is 5.68. The van der Waals surface area contributed by atoms with Crippen LogP contribution < -0.4 is 5.32 Å². The van der Waals surface area contributed by atoms with Crippen LogP contribution in [0.4, 0.5) is 5.00 Å². The second kappa shape index (κ2) is 7.00. The molecule has 0 fully saturated rings. The summed E-state index contributed by atoms with van der Waals surface area (Å²) >= 11 is 1.48. The summed E-state index contributed by atoms with van der Waals surface area (Å²) in [5.41, 5.74) is 2.39. The van der Waals surface area contributed by atoms with E-state index in [0.29, 0.717) is 10.6 Å². The van der Waals surface area contributed by atoms with Crippen molar-refractivity contribution in [1.82, 2.24) is 9.78 Å². The quantitative estimate of drug-likeness (QED) is 0.683. The molecule has 1 N–H and O–H groups in total. The van der Waals surface area contributed by atoms with Crippen LogP contribution >= 0.6 is 11.3 Å². The fourth-order valence-corrected chi connectivity index (χ4v) is 4.10. The van der Waals surface area contributed by atoms with Crippen molar-refractivity contribution in [3.63, 3.8) is 0 Å². The van der Waals surface area contributed by atoms with Gasteiger partial charge in [-0.2, -0.15) is 5.10 Å². The Morgan fingerprint density at radius 1 is 1.38 bits per heavy atom. The van der Waals surface area contributed by atoms with E-state index in [9.17, 15) is 9.59 Å². The van der Waals surface area contributed by atoms with Crippen molar-refractivity contribution in [3.05, 3.63) is 40.0 Å². The molecule has 1 amide bonds. The summed E-state index contributed by atoms with van der Waals surface area (Å²) in [6, 6.07) is 0. The number of anilines is 1. The van der Waals surface area contributed by atoms with Gasteiger partial charge < -0.3 is 10.1 Å². The normalized spacial score (nSPS) is 13.8. The molecule has 7 heteroatoms. The molecular weight excluding hydrogens is 326 g/mol. The topological polar surface area (TPSA) is 73.2 Å². The van der Waals surface area contributed by atoms with Crippen molar-refractivity contribution in [2.45, 2.75) is 25.7 Å². The monoisotopic (exact) mass is 345 g/mol. The van der Waals surface area contributed by atoms with E-state index in [1.807, 2.05) is 13.2 Å². The standard InChI is InChI=1S/C17H19N3O3S/c1-20-10-11(9-18-20)7-8-14(21)19-16-15(17(22)23-2)12-5-3-4-6-13(12)24-16/h7-10H,3-6H2,1-2H3,(H,19,21)/b8-7+. The number of rotatable bonds is 4. The number of hydrogen-bond acceptors (Lipinski definition) is 5. The lowest BCUT2D eigenvalue weighted by Gasteiger charge is -2.11. The van der Waals surface area contributed by atoms with Crippen LogP contribution in [-0.4, -0.2) is 28.8 Å². The van der Waals surface area contributed by atoms with E-state index in [0.717, 1.165) is 36.8 Å². The van der Waals surface area contributed by atoms with Gasteiger partial charge in [-0.3, -0.25) is 9.48 Å². The first-order valence-corrected chi connectivity index (χ1v) is 8.60. The number of aryl methyl sites for hydroxylation is 2.